The number of ether oxygens (including phenoxy) is 1. The fourth-order valence-corrected chi connectivity index (χ4v) is 6.27. The largest absolute Gasteiger partial charge is 0.506 e. The molecule has 7 N–H and O–H groups in total. The molecule has 1 amide bonds. The molecule has 0 aliphatic heterocycles. The molecular weight excluding hydrogens is 622 g/mol. The molecule has 260 valence electrons. The van der Waals surface area contributed by atoms with Crippen LogP contribution in [0.5, 0.6) is 11.5 Å². The highest BCUT2D eigenvalue weighted by molar-refractivity contribution is 5.94. The van der Waals surface area contributed by atoms with Crippen LogP contribution in [0.2, 0.25) is 0 Å². The minimum atomic E-state index is -0.969. The van der Waals surface area contributed by atoms with Gasteiger partial charge in [-0.05, 0) is 80.5 Å². The Bertz CT molecular complexity index is 1660. The van der Waals surface area contributed by atoms with E-state index in [1.807, 2.05) is 48.5 Å². The van der Waals surface area contributed by atoms with Crippen LogP contribution in [0.4, 0.5) is 19.9 Å². The van der Waals surface area contributed by atoms with Gasteiger partial charge in [-0.15, -0.1) is 0 Å². The summed E-state index contributed by atoms with van der Waals surface area (Å²) in [5.41, 5.74) is 9.22. The average molecular weight is 669 g/mol. The highest BCUT2D eigenvalue weighted by Gasteiger charge is 2.31. The fourth-order valence-electron chi connectivity index (χ4n) is 6.27. The van der Waals surface area contributed by atoms with Crippen molar-refractivity contribution < 1.29 is 34.3 Å². The number of phenolic OH excluding ortho intramolecular Hbond substituents is 1. The van der Waals surface area contributed by atoms with E-state index in [0.717, 1.165) is 69.0 Å². The molecular formula is C36H46F2N4O6. The van der Waals surface area contributed by atoms with Crippen molar-refractivity contribution in [1.29, 1.82) is 0 Å². The zero-order valence-corrected chi connectivity index (χ0v) is 26.8. The summed E-state index contributed by atoms with van der Waals surface area (Å²) in [6.45, 7) is 1.62. The van der Waals surface area contributed by atoms with E-state index in [0.29, 0.717) is 41.1 Å². The number of benzene rings is 3. The Hall–Kier alpha value is -4.52. The molecule has 12 heteroatoms. The lowest BCUT2D eigenvalue weighted by atomic mass is 9.90. The third-order valence-corrected chi connectivity index (χ3v) is 8.75. The van der Waals surface area contributed by atoms with Gasteiger partial charge in [0, 0.05) is 41.7 Å². The second kappa shape index (κ2) is 18.1. The number of aromatic hydroxyl groups is 1. The number of hydrogen-bond acceptors (Lipinski definition) is 7. The lowest BCUT2D eigenvalue weighted by Gasteiger charge is -2.35. The van der Waals surface area contributed by atoms with E-state index in [9.17, 15) is 24.9 Å². The molecule has 1 aliphatic carbocycles. The van der Waals surface area contributed by atoms with Gasteiger partial charge < -0.3 is 36.1 Å². The number of aromatic amines is 1. The van der Waals surface area contributed by atoms with Crippen LogP contribution in [0.25, 0.3) is 22.0 Å². The van der Waals surface area contributed by atoms with Gasteiger partial charge in [-0.3, -0.25) is 19.1 Å². The fraction of sp³-hybridized carbons (Fsp3) is 0.389. The molecule has 1 aromatic heterocycles. The Balaban J connectivity index is 0.00000312. The third-order valence-electron chi connectivity index (χ3n) is 8.75. The Morgan fingerprint density at radius 1 is 0.958 bits per heavy atom. The number of aromatic nitrogens is 1. The molecule has 0 radical (unpaired) electrons. The summed E-state index contributed by atoms with van der Waals surface area (Å²) >= 11 is 0. The number of amides is 1. The first kappa shape index (κ1) is 37.9. The number of rotatable bonds is 14. The number of carboxylic acid groups (broad SMARTS) is 1. The van der Waals surface area contributed by atoms with Crippen LogP contribution in [-0.2, 0) is 0 Å². The van der Waals surface area contributed by atoms with Crippen molar-refractivity contribution in [2.24, 2.45) is 5.73 Å². The molecule has 0 unspecified atom stereocenters. The normalized spacial score (nSPS) is 16.4. The van der Waals surface area contributed by atoms with Gasteiger partial charge in [-0.2, -0.15) is 0 Å². The maximum absolute atomic E-state index is 12.6. The Morgan fingerprint density at radius 3 is 2.42 bits per heavy atom. The monoisotopic (exact) mass is 668 g/mol. The summed E-state index contributed by atoms with van der Waals surface area (Å²) in [5.74, 6) is 0.618. The predicted molar refractivity (Wildman–Crippen MR) is 186 cm³/mol. The van der Waals surface area contributed by atoms with Crippen LogP contribution in [0.3, 0.4) is 0 Å². The highest BCUT2D eigenvalue weighted by Crippen LogP contribution is 2.38. The average Bonchev–Trinajstić information content (AvgIpc) is 3.05. The number of fused-ring (bicyclic) bond motifs is 1. The van der Waals surface area contributed by atoms with E-state index >= 15 is 0 Å². The molecule has 5 rings (SSSR count). The topological polar surface area (TPSA) is 161 Å². The summed E-state index contributed by atoms with van der Waals surface area (Å²) in [5, 5.41) is 35.0. The number of pyridine rings is 1. The van der Waals surface area contributed by atoms with Gasteiger partial charge in [-0.1, -0.05) is 49.2 Å². The lowest BCUT2D eigenvalue weighted by molar-refractivity contribution is 0.176. The van der Waals surface area contributed by atoms with Crippen molar-refractivity contribution in [3.05, 3.63) is 88.7 Å². The first-order chi connectivity index (χ1) is 22.3. The van der Waals surface area contributed by atoms with E-state index in [1.54, 1.807) is 12.1 Å². The molecule has 10 nitrogen and oxygen atoms in total. The molecule has 1 saturated carbocycles. The number of H-pyrrole nitrogens is 1. The van der Waals surface area contributed by atoms with Gasteiger partial charge in [-0.25, -0.2) is 4.79 Å². The van der Waals surface area contributed by atoms with Crippen molar-refractivity contribution in [3.63, 3.8) is 0 Å². The van der Waals surface area contributed by atoms with Crippen LogP contribution < -0.4 is 26.2 Å². The van der Waals surface area contributed by atoms with Gasteiger partial charge in [0.25, 0.3) is 0 Å². The molecule has 1 aliphatic rings. The zero-order chi connectivity index (χ0) is 32.5. The van der Waals surface area contributed by atoms with E-state index in [-0.39, 0.29) is 32.8 Å². The number of aliphatic hydroxyl groups excluding tert-OH is 1. The third kappa shape index (κ3) is 9.52. The summed E-state index contributed by atoms with van der Waals surface area (Å²) in [6, 6.07) is 21.7. The van der Waals surface area contributed by atoms with Crippen LogP contribution >= 0.6 is 0 Å². The smallest absolute Gasteiger partial charge is 0.412 e. The Morgan fingerprint density at radius 2 is 1.69 bits per heavy atom. The SMILES string of the molecule is F.F.NC1CCC(N(C(=O)O)c2cc(OCCCCCCNC[C@@H](O)c3ccc(O)c4[nH]c(=O)ccc34)ccc2-c2ccccc2)CC1. The number of unbranched alkanes of at least 4 members (excludes halogenated alkanes) is 3. The molecule has 1 fully saturated rings. The molecule has 0 spiro atoms. The van der Waals surface area contributed by atoms with Gasteiger partial charge in [0.1, 0.15) is 11.5 Å². The minimum absolute atomic E-state index is 0. The van der Waals surface area contributed by atoms with E-state index < -0.39 is 12.2 Å². The first-order valence-electron chi connectivity index (χ1n) is 16.2. The lowest BCUT2D eigenvalue weighted by Crippen LogP contribution is -2.44. The molecule has 1 heterocycles. The number of aliphatic hydroxyl groups is 1. The number of nitrogens with zero attached hydrogens (tertiary/aromatic N) is 1. The van der Waals surface area contributed by atoms with Crippen LogP contribution in [-0.4, -0.2) is 58.2 Å². The van der Waals surface area contributed by atoms with Crippen molar-refractivity contribution >= 4 is 22.7 Å². The summed E-state index contributed by atoms with van der Waals surface area (Å²) in [4.78, 5) is 28.4. The molecule has 48 heavy (non-hydrogen) atoms. The van der Waals surface area contributed by atoms with Crippen LogP contribution in [0, 0.1) is 0 Å². The number of hydrogen-bond donors (Lipinski definition) is 6. The molecule has 0 bridgehead atoms. The Labute approximate surface area is 278 Å². The zero-order valence-electron chi connectivity index (χ0n) is 26.8. The quantitative estimate of drug-likeness (QED) is 0.0864. The van der Waals surface area contributed by atoms with Crippen molar-refractivity contribution in [2.45, 2.75) is 69.6 Å². The minimum Gasteiger partial charge on any atom is -0.506 e. The van der Waals surface area contributed by atoms with Crippen molar-refractivity contribution in [3.8, 4) is 22.6 Å². The molecule has 0 saturated heterocycles. The van der Waals surface area contributed by atoms with E-state index in [2.05, 4.69) is 10.3 Å². The van der Waals surface area contributed by atoms with Gasteiger partial charge in [0.2, 0.25) is 5.56 Å². The van der Waals surface area contributed by atoms with E-state index in [4.69, 9.17) is 10.5 Å². The summed E-state index contributed by atoms with van der Waals surface area (Å²) < 4.78 is 6.10. The van der Waals surface area contributed by atoms with Gasteiger partial charge >= 0.3 is 6.09 Å². The van der Waals surface area contributed by atoms with Gasteiger partial charge in [0.05, 0.1) is 23.9 Å². The summed E-state index contributed by atoms with van der Waals surface area (Å²) in [6.07, 6.45) is 5.08. The number of carbonyl (C=O) groups is 1. The second-order valence-electron chi connectivity index (χ2n) is 12.0. The van der Waals surface area contributed by atoms with Crippen molar-refractivity contribution in [2.75, 3.05) is 24.6 Å². The van der Waals surface area contributed by atoms with Crippen LogP contribution in [0.15, 0.2) is 77.6 Å². The standard InChI is InChI=1S/C36H44N4O6.2FH/c37-25-10-12-26(13-11-25)40(36(44)45)31-22-27(14-15-28(31)24-8-4-3-5-9-24)46-21-7-2-1-6-20-38-23-33(42)29-16-18-32(41)35-30(29)17-19-34(43)39-35;;/h3-5,8-9,14-19,22,25-26,33,38,41-42H,1-2,6-7,10-13,20-21,23,37H2,(H,39,43)(H,44,45);2*1H/t25?,26?,33-;;/m1../s1. The second-order valence-corrected chi connectivity index (χ2v) is 12.0. The number of anilines is 1. The number of halogens is 2. The highest BCUT2D eigenvalue weighted by atomic mass is 19.0. The molecule has 1 atom stereocenters. The van der Waals surface area contributed by atoms with Crippen LogP contribution in [0.1, 0.15) is 63.0 Å². The van der Waals surface area contributed by atoms with Gasteiger partial charge in [0.15, 0.2) is 0 Å². The number of nitrogens with two attached hydrogens (primary N) is 1. The first-order valence-corrected chi connectivity index (χ1v) is 16.2. The molecule has 3 aromatic carbocycles. The summed E-state index contributed by atoms with van der Waals surface area (Å²) in [7, 11) is 0. The Kier molecular flexibility index (Phi) is 14.3. The maximum Gasteiger partial charge on any atom is 0.412 e. The maximum atomic E-state index is 12.6. The molecule has 4 aromatic rings. The van der Waals surface area contributed by atoms with Crippen molar-refractivity contribution in [1.82, 2.24) is 10.3 Å². The predicted octanol–water partition coefficient (Wildman–Crippen LogP) is 6.22. The number of phenols is 1. The number of nitrogens with one attached hydrogen (secondary N) is 2. The van der Waals surface area contributed by atoms with E-state index in [1.165, 1.54) is 17.0 Å².